The van der Waals surface area contributed by atoms with Crippen molar-refractivity contribution in [2.45, 2.75) is 336 Å². The summed E-state index contributed by atoms with van der Waals surface area (Å²) in [4.78, 5) is 0. The van der Waals surface area contributed by atoms with Gasteiger partial charge in [-0.15, -0.1) is 0 Å². The Morgan fingerprint density at radius 2 is 0.456 bits per heavy atom. The van der Waals surface area contributed by atoms with E-state index in [9.17, 15) is 0 Å². The van der Waals surface area contributed by atoms with Gasteiger partial charge < -0.3 is 4.48 Å². The lowest BCUT2D eigenvalue weighted by atomic mass is 10.0. The van der Waals surface area contributed by atoms with E-state index in [-0.39, 0.29) is 0 Å². The van der Waals surface area contributed by atoms with E-state index in [1.54, 1.807) is 5.56 Å². The number of hydrogen-bond donors (Lipinski definition) is 0. The van der Waals surface area contributed by atoms with Crippen molar-refractivity contribution in [3.05, 3.63) is 72.4 Å². The van der Waals surface area contributed by atoms with Crippen molar-refractivity contribution in [2.24, 2.45) is 0 Å². The Balaban J connectivity index is 2.47. The third kappa shape index (κ3) is 46.8. The molecule has 0 N–H and O–H groups in total. The summed E-state index contributed by atoms with van der Waals surface area (Å²) < 4.78 is 1.35. The molecule has 1 aromatic carbocycles. The minimum Gasteiger partial charge on any atom is -0.320 e. The summed E-state index contributed by atoms with van der Waals surface area (Å²) >= 11 is 0. The van der Waals surface area contributed by atoms with Crippen molar-refractivity contribution in [1.29, 1.82) is 0 Å². The quantitative estimate of drug-likeness (QED) is 0.0347. The first kappa shape index (κ1) is 64.4. The van der Waals surface area contributed by atoms with Crippen molar-refractivity contribution < 1.29 is 4.48 Å². The number of benzene rings is 1. The fourth-order valence-corrected chi connectivity index (χ4v) is 10.7. The predicted molar refractivity (Wildman–Crippen MR) is 311 cm³/mol. The van der Waals surface area contributed by atoms with Crippen LogP contribution in [0.3, 0.4) is 0 Å². The largest absolute Gasteiger partial charge is 0.320 e. The van der Waals surface area contributed by atoms with Crippen LogP contribution in [0.4, 0.5) is 0 Å². The van der Waals surface area contributed by atoms with Crippen molar-refractivity contribution in [3.63, 3.8) is 0 Å². The molecule has 0 saturated carbocycles. The van der Waals surface area contributed by atoms with Crippen LogP contribution >= 0.6 is 0 Å². The monoisotopic (exact) mass is 943 g/mol. The molecule has 0 spiro atoms. The minimum atomic E-state index is 1.25. The molecule has 1 aromatic rings. The molecule has 0 saturated heterocycles. The number of quaternary nitrogens is 1. The van der Waals surface area contributed by atoms with E-state index in [4.69, 9.17) is 0 Å². The Kier molecular flexibility index (Phi) is 51.8. The van der Waals surface area contributed by atoms with Gasteiger partial charge in [0.1, 0.15) is 6.54 Å². The highest BCUT2D eigenvalue weighted by molar-refractivity contribution is 5.13. The first-order chi connectivity index (χ1) is 33.8. The highest BCUT2D eigenvalue weighted by Gasteiger charge is 2.26. The third-order valence-corrected chi connectivity index (χ3v) is 15.3. The standard InChI is InChI=1S/C67H124N/c1-4-7-10-13-16-19-22-25-28-31-34-37-40-43-46-49-52-58-63-68(66-67-61-56-55-57-62-67,64-59-53-50-47-44-41-38-35-32-29-26-23-20-17-14-11-8-5-2)65-60-54-51-48-45-42-39-36-33-30-27-24-21-18-15-12-9-6-3/h22-27,55-57,61-62H,4-21,28-54,58-60,63-66H2,1-3H3/q+1/b25-22+,26-23+,27-24+. The summed E-state index contributed by atoms with van der Waals surface area (Å²) in [6, 6.07) is 11.7. The van der Waals surface area contributed by atoms with Crippen molar-refractivity contribution in [1.82, 2.24) is 0 Å². The van der Waals surface area contributed by atoms with Crippen LogP contribution in [0.2, 0.25) is 0 Å². The second-order valence-corrected chi connectivity index (χ2v) is 22.1. The molecule has 1 rings (SSSR count). The number of hydrogen-bond acceptors (Lipinski definition) is 0. The molecule has 0 fully saturated rings. The smallest absolute Gasteiger partial charge is 0.104 e. The van der Waals surface area contributed by atoms with Crippen LogP contribution in [0.1, 0.15) is 335 Å². The fraction of sp³-hybridized carbons (Fsp3) is 0.821. The molecule has 1 heteroatoms. The van der Waals surface area contributed by atoms with Gasteiger partial charge in [0, 0.05) is 5.56 Å². The van der Waals surface area contributed by atoms with Crippen molar-refractivity contribution in [3.8, 4) is 0 Å². The lowest BCUT2D eigenvalue weighted by molar-refractivity contribution is -0.941. The van der Waals surface area contributed by atoms with E-state index in [0.717, 1.165) is 0 Å². The van der Waals surface area contributed by atoms with Gasteiger partial charge in [0.25, 0.3) is 0 Å². The lowest BCUT2D eigenvalue weighted by Gasteiger charge is -2.39. The average Bonchev–Trinajstić information content (AvgIpc) is 3.35. The van der Waals surface area contributed by atoms with Crippen LogP contribution in [0, 0.1) is 0 Å². The molecule has 0 bridgehead atoms. The second-order valence-electron chi connectivity index (χ2n) is 22.1. The zero-order valence-corrected chi connectivity index (χ0v) is 47.1. The third-order valence-electron chi connectivity index (χ3n) is 15.3. The van der Waals surface area contributed by atoms with Crippen LogP contribution in [-0.2, 0) is 6.54 Å². The normalized spacial score (nSPS) is 12.3. The zero-order valence-electron chi connectivity index (χ0n) is 47.1. The number of unbranched alkanes of at least 4 members (excludes halogenated alkanes) is 42. The van der Waals surface area contributed by atoms with E-state index in [1.165, 1.54) is 339 Å². The fourth-order valence-electron chi connectivity index (χ4n) is 10.7. The zero-order chi connectivity index (χ0) is 48.6. The Morgan fingerprint density at radius 1 is 0.250 bits per heavy atom. The first-order valence-corrected chi connectivity index (χ1v) is 31.6. The molecular formula is C67H124N+. The van der Waals surface area contributed by atoms with E-state index in [0.29, 0.717) is 0 Å². The van der Waals surface area contributed by atoms with Crippen LogP contribution in [0.25, 0.3) is 0 Å². The van der Waals surface area contributed by atoms with Gasteiger partial charge in [0.05, 0.1) is 19.6 Å². The van der Waals surface area contributed by atoms with Gasteiger partial charge in [-0.05, 0) is 116 Å². The van der Waals surface area contributed by atoms with E-state index in [2.05, 4.69) is 87.6 Å². The summed E-state index contributed by atoms with van der Waals surface area (Å²) in [5.74, 6) is 0. The highest BCUT2D eigenvalue weighted by atomic mass is 15.3. The Morgan fingerprint density at radius 3 is 0.691 bits per heavy atom. The topological polar surface area (TPSA) is 0 Å². The molecule has 68 heavy (non-hydrogen) atoms. The molecule has 0 heterocycles. The molecule has 0 unspecified atom stereocenters. The molecule has 396 valence electrons. The van der Waals surface area contributed by atoms with Crippen LogP contribution < -0.4 is 0 Å². The van der Waals surface area contributed by atoms with Crippen LogP contribution in [0.5, 0.6) is 0 Å². The van der Waals surface area contributed by atoms with Crippen LogP contribution in [-0.4, -0.2) is 24.1 Å². The summed E-state index contributed by atoms with van der Waals surface area (Å²) in [7, 11) is 0. The summed E-state index contributed by atoms with van der Waals surface area (Å²) in [5.41, 5.74) is 1.57. The molecule has 1 nitrogen and oxygen atoms in total. The van der Waals surface area contributed by atoms with Gasteiger partial charge in [-0.2, -0.15) is 0 Å². The Hall–Kier alpha value is -1.60. The van der Waals surface area contributed by atoms with E-state index in [1.807, 2.05) is 0 Å². The SMILES string of the molecule is CCCCCCC/C=C/CCCCCCCCCCC[N+](CCCCCCCCCCC/C=C/CCCCCCC)(CCCCCCCCCCC/C=C/CCCCCCC)Cc1ccccc1. The van der Waals surface area contributed by atoms with Gasteiger partial charge in [0.15, 0.2) is 0 Å². The van der Waals surface area contributed by atoms with E-state index < -0.39 is 0 Å². The highest BCUT2D eigenvalue weighted by Crippen LogP contribution is 2.23. The first-order valence-electron chi connectivity index (χ1n) is 31.6. The van der Waals surface area contributed by atoms with Gasteiger partial charge in [0.2, 0.25) is 0 Å². The Labute approximate surface area is 430 Å². The van der Waals surface area contributed by atoms with Crippen LogP contribution in [0.15, 0.2) is 66.8 Å². The maximum absolute atomic E-state index is 2.47. The van der Waals surface area contributed by atoms with Crippen molar-refractivity contribution >= 4 is 0 Å². The average molecular weight is 944 g/mol. The summed E-state index contributed by atoms with van der Waals surface area (Å²) in [6.45, 7) is 12.3. The maximum Gasteiger partial charge on any atom is 0.104 e. The Bertz CT molecular complexity index is 1050. The molecule has 0 radical (unpaired) electrons. The molecular weight excluding hydrogens is 819 g/mol. The van der Waals surface area contributed by atoms with Gasteiger partial charge in [-0.3, -0.25) is 0 Å². The predicted octanol–water partition coefficient (Wildman–Crippen LogP) is 23.5. The minimum absolute atomic E-state index is 1.25. The van der Waals surface area contributed by atoms with Gasteiger partial charge in [-0.1, -0.05) is 280 Å². The number of nitrogens with zero attached hydrogens (tertiary/aromatic N) is 1. The molecule has 0 atom stereocenters. The molecule has 0 aromatic heterocycles. The number of rotatable bonds is 56. The van der Waals surface area contributed by atoms with Crippen molar-refractivity contribution in [2.75, 3.05) is 19.6 Å². The van der Waals surface area contributed by atoms with E-state index >= 15 is 0 Å². The second kappa shape index (κ2) is 54.7. The summed E-state index contributed by atoms with van der Waals surface area (Å²) in [5, 5.41) is 0. The number of allylic oxidation sites excluding steroid dienone is 6. The molecule has 0 amide bonds. The molecule has 0 aliphatic rings. The van der Waals surface area contributed by atoms with Gasteiger partial charge in [-0.25, -0.2) is 0 Å². The molecule has 0 aliphatic carbocycles. The maximum atomic E-state index is 2.47. The van der Waals surface area contributed by atoms with Gasteiger partial charge >= 0.3 is 0 Å². The summed E-state index contributed by atoms with van der Waals surface area (Å²) in [6.07, 6.45) is 82.3. The lowest BCUT2D eigenvalue weighted by Crippen LogP contribution is -2.49. The molecule has 0 aliphatic heterocycles.